The van der Waals surface area contributed by atoms with Crippen LogP contribution in [0.2, 0.25) is 0 Å². The number of imide groups is 1. The van der Waals surface area contributed by atoms with E-state index in [9.17, 15) is 14.4 Å². The molecule has 31 heavy (non-hydrogen) atoms. The van der Waals surface area contributed by atoms with Crippen molar-refractivity contribution in [3.63, 3.8) is 0 Å². The molecule has 0 saturated carbocycles. The molecule has 1 N–H and O–H groups in total. The van der Waals surface area contributed by atoms with Gasteiger partial charge in [-0.25, -0.2) is 0 Å². The van der Waals surface area contributed by atoms with Crippen LogP contribution in [0.3, 0.4) is 0 Å². The fourth-order valence-electron chi connectivity index (χ4n) is 4.74. The molecule has 2 saturated heterocycles. The predicted octanol–water partition coefficient (Wildman–Crippen LogP) is 3.84. The third-order valence-corrected chi connectivity index (χ3v) is 6.54. The number of carbonyl (C=O) groups is 3. The summed E-state index contributed by atoms with van der Waals surface area (Å²) in [4.78, 5) is 43.1. The number of H-pyrrole nitrogens is 1. The maximum absolute atomic E-state index is 13.0. The van der Waals surface area contributed by atoms with Gasteiger partial charge in [0.1, 0.15) is 0 Å². The zero-order chi connectivity index (χ0) is 21.4. The summed E-state index contributed by atoms with van der Waals surface area (Å²) in [6, 6.07) is 15.6. The molecule has 158 valence electrons. The smallest absolute Gasteiger partial charge is 0.253 e. The van der Waals surface area contributed by atoms with Crippen molar-refractivity contribution in [3.05, 3.63) is 71.4 Å². The van der Waals surface area contributed by atoms with E-state index in [1.54, 1.807) is 12.1 Å². The average molecular weight is 415 g/mol. The van der Waals surface area contributed by atoms with Crippen LogP contribution in [0.4, 0.5) is 0 Å². The fraction of sp³-hybridized carbons (Fsp3) is 0.320. The second-order valence-electron chi connectivity index (χ2n) is 8.43. The van der Waals surface area contributed by atoms with Crippen LogP contribution in [0.1, 0.15) is 53.1 Å². The molecule has 6 nitrogen and oxygen atoms in total. The lowest BCUT2D eigenvalue weighted by Crippen LogP contribution is -2.37. The van der Waals surface area contributed by atoms with E-state index in [-0.39, 0.29) is 24.3 Å². The first kappa shape index (κ1) is 19.5. The number of carbonyl (C=O) groups excluding carboxylic acids is 3. The highest BCUT2D eigenvalue weighted by Crippen LogP contribution is 2.33. The Morgan fingerprint density at radius 3 is 2.32 bits per heavy atom. The molecule has 6 heteroatoms. The lowest BCUT2D eigenvalue weighted by atomic mass is 9.89. The third kappa shape index (κ3) is 3.74. The van der Waals surface area contributed by atoms with Crippen molar-refractivity contribution in [1.82, 2.24) is 14.8 Å². The Bertz CT molecular complexity index is 1120. The van der Waals surface area contributed by atoms with Gasteiger partial charge in [-0.1, -0.05) is 30.3 Å². The maximum atomic E-state index is 13.0. The second kappa shape index (κ2) is 8.02. The molecule has 0 aliphatic carbocycles. The molecule has 0 bridgehead atoms. The van der Waals surface area contributed by atoms with Crippen molar-refractivity contribution in [2.45, 2.75) is 38.1 Å². The van der Waals surface area contributed by atoms with E-state index in [0.29, 0.717) is 24.3 Å². The number of aromatic amines is 1. The SMILES string of the molecule is O=C(c1ccc(CN2C(=O)CCC2=O)cc1)N1CCC(c2c[nH]c3ccccc23)CC1. The summed E-state index contributed by atoms with van der Waals surface area (Å²) in [5.41, 5.74) is 4.01. The minimum absolute atomic E-state index is 0.0391. The van der Waals surface area contributed by atoms with E-state index in [2.05, 4.69) is 29.4 Å². The van der Waals surface area contributed by atoms with Gasteiger partial charge in [0, 0.05) is 48.6 Å². The Kier molecular flexibility index (Phi) is 5.06. The Morgan fingerprint density at radius 1 is 0.935 bits per heavy atom. The number of hydrogen-bond acceptors (Lipinski definition) is 3. The van der Waals surface area contributed by atoms with Gasteiger partial charge in [-0.05, 0) is 48.1 Å². The molecule has 2 fully saturated rings. The van der Waals surface area contributed by atoms with Gasteiger partial charge in [0.2, 0.25) is 11.8 Å². The normalized spacial score (nSPS) is 17.7. The van der Waals surface area contributed by atoms with Gasteiger partial charge in [0.25, 0.3) is 5.91 Å². The van der Waals surface area contributed by atoms with Crippen LogP contribution >= 0.6 is 0 Å². The quantitative estimate of drug-likeness (QED) is 0.658. The molecule has 2 aliphatic heterocycles. The fourth-order valence-corrected chi connectivity index (χ4v) is 4.74. The number of amides is 3. The number of hydrogen-bond donors (Lipinski definition) is 1. The molecular weight excluding hydrogens is 390 g/mol. The van der Waals surface area contributed by atoms with Gasteiger partial charge < -0.3 is 9.88 Å². The van der Waals surface area contributed by atoms with Gasteiger partial charge >= 0.3 is 0 Å². The van der Waals surface area contributed by atoms with Gasteiger partial charge in [0.15, 0.2) is 0 Å². The van der Waals surface area contributed by atoms with E-state index in [1.165, 1.54) is 15.8 Å². The molecule has 0 radical (unpaired) electrons. The van der Waals surface area contributed by atoms with Gasteiger partial charge in [-0.3, -0.25) is 19.3 Å². The number of nitrogens with zero attached hydrogens (tertiary/aromatic N) is 2. The predicted molar refractivity (Wildman–Crippen MR) is 117 cm³/mol. The monoisotopic (exact) mass is 415 g/mol. The molecular formula is C25H25N3O3. The molecule has 0 atom stereocenters. The van der Waals surface area contributed by atoms with E-state index in [1.807, 2.05) is 23.1 Å². The number of aromatic nitrogens is 1. The Morgan fingerprint density at radius 2 is 1.61 bits per heavy atom. The van der Waals surface area contributed by atoms with Crippen molar-refractivity contribution >= 4 is 28.6 Å². The molecule has 0 unspecified atom stereocenters. The summed E-state index contributed by atoms with van der Waals surface area (Å²) < 4.78 is 0. The number of piperidine rings is 1. The molecule has 2 aromatic carbocycles. The van der Waals surface area contributed by atoms with E-state index < -0.39 is 0 Å². The van der Waals surface area contributed by atoms with Gasteiger partial charge in [0.05, 0.1) is 6.54 Å². The summed E-state index contributed by atoms with van der Waals surface area (Å²) in [6.45, 7) is 1.76. The molecule has 3 aromatic rings. The van der Waals surface area contributed by atoms with E-state index in [0.717, 1.165) is 37.0 Å². The molecule has 1 aromatic heterocycles. The van der Waals surface area contributed by atoms with Crippen LogP contribution < -0.4 is 0 Å². The van der Waals surface area contributed by atoms with Crippen LogP contribution in [0.15, 0.2) is 54.7 Å². The number of nitrogens with one attached hydrogen (secondary N) is 1. The number of para-hydroxylation sites is 1. The summed E-state index contributed by atoms with van der Waals surface area (Å²) in [5.74, 6) is 0.252. The number of fused-ring (bicyclic) bond motifs is 1. The average Bonchev–Trinajstić information content (AvgIpc) is 3.38. The lowest BCUT2D eigenvalue weighted by molar-refractivity contribution is -0.139. The number of rotatable bonds is 4. The summed E-state index contributed by atoms with van der Waals surface area (Å²) in [5, 5.41) is 1.28. The van der Waals surface area contributed by atoms with Crippen molar-refractivity contribution in [2.75, 3.05) is 13.1 Å². The summed E-state index contributed by atoms with van der Waals surface area (Å²) in [6.07, 6.45) is 4.60. The van der Waals surface area contributed by atoms with Crippen LogP contribution in [-0.2, 0) is 16.1 Å². The van der Waals surface area contributed by atoms with Crippen molar-refractivity contribution in [3.8, 4) is 0 Å². The molecule has 2 aliphatic rings. The lowest BCUT2D eigenvalue weighted by Gasteiger charge is -2.32. The number of likely N-dealkylation sites (tertiary alicyclic amines) is 2. The second-order valence-corrected chi connectivity index (χ2v) is 8.43. The Hall–Kier alpha value is -3.41. The standard InChI is InChI=1S/C25H25N3O3/c29-23-9-10-24(30)28(23)16-17-5-7-19(8-6-17)25(31)27-13-11-18(12-14-27)21-15-26-22-4-2-1-3-20(21)22/h1-8,15,18,26H,9-14,16H2. The van der Waals surface area contributed by atoms with Crippen LogP contribution in [0, 0.1) is 0 Å². The van der Waals surface area contributed by atoms with Crippen LogP contribution in [0.25, 0.3) is 10.9 Å². The maximum Gasteiger partial charge on any atom is 0.253 e. The molecule has 3 heterocycles. The topological polar surface area (TPSA) is 73.5 Å². The zero-order valence-electron chi connectivity index (χ0n) is 17.3. The molecule has 0 spiro atoms. The minimum atomic E-state index is -0.122. The first-order valence-electron chi connectivity index (χ1n) is 10.9. The first-order chi connectivity index (χ1) is 15.1. The van der Waals surface area contributed by atoms with Crippen LogP contribution in [-0.4, -0.2) is 45.6 Å². The molecule has 3 amide bonds. The Balaban J connectivity index is 1.21. The van der Waals surface area contributed by atoms with Crippen molar-refractivity contribution in [2.24, 2.45) is 0 Å². The highest BCUT2D eigenvalue weighted by atomic mass is 16.2. The summed E-state index contributed by atoms with van der Waals surface area (Å²) >= 11 is 0. The van der Waals surface area contributed by atoms with E-state index >= 15 is 0 Å². The van der Waals surface area contributed by atoms with Gasteiger partial charge in [-0.15, -0.1) is 0 Å². The highest BCUT2D eigenvalue weighted by molar-refractivity contribution is 6.01. The summed E-state index contributed by atoms with van der Waals surface area (Å²) in [7, 11) is 0. The Labute approximate surface area is 180 Å². The number of benzene rings is 2. The zero-order valence-corrected chi connectivity index (χ0v) is 17.3. The minimum Gasteiger partial charge on any atom is -0.361 e. The molecule has 5 rings (SSSR count). The van der Waals surface area contributed by atoms with E-state index in [4.69, 9.17) is 0 Å². The third-order valence-electron chi connectivity index (χ3n) is 6.54. The van der Waals surface area contributed by atoms with Crippen molar-refractivity contribution in [1.29, 1.82) is 0 Å². The van der Waals surface area contributed by atoms with Crippen LogP contribution in [0.5, 0.6) is 0 Å². The van der Waals surface area contributed by atoms with Crippen molar-refractivity contribution < 1.29 is 14.4 Å². The van der Waals surface area contributed by atoms with Gasteiger partial charge in [-0.2, -0.15) is 0 Å². The largest absolute Gasteiger partial charge is 0.361 e. The highest BCUT2D eigenvalue weighted by Gasteiger charge is 2.29. The first-order valence-corrected chi connectivity index (χ1v) is 10.9.